The molecule has 20 heavy (non-hydrogen) atoms. The smallest absolute Gasteiger partial charge is 0.139 e. The molecule has 2 heterocycles. The van der Waals surface area contributed by atoms with Crippen LogP contribution in [0.25, 0.3) is 11.0 Å². The molecule has 0 N–H and O–H groups in total. The first-order valence-electron chi connectivity index (χ1n) is 6.71. The van der Waals surface area contributed by atoms with E-state index in [2.05, 4.69) is 25.5 Å². The summed E-state index contributed by atoms with van der Waals surface area (Å²) in [5.41, 5.74) is 1.71. The molecule has 0 aliphatic carbocycles. The Bertz CT molecular complexity index is 625. The number of halogens is 3. The number of benzene rings is 1. The van der Waals surface area contributed by atoms with Crippen molar-refractivity contribution in [2.24, 2.45) is 0 Å². The topological polar surface area (TPSA) is 17.8 Å². The normalized spacial score (nSPS) is 19.1. The molecular weight excluding hydrogens is 363 g/mol. The Kier molecular flexibility index (Phi) is 4.58. The molecule has 1 saturated heterocycles. The molecule has 0 amide bonds. The minimum Gasteiger partial charge on any atom is -0.327 e. The zero-order valence-electron chi connectivity index (χ0n) is 10.9. The van der Waals surface area contributed by atoms with Gasteiger partial charge in [-0.05, 0) is 40.6 Å². The molecule has 1 fully saturated rings. The van der Waals surface area contributed by atoms with Crippen LogP contribution < -0.4 is 0 Å². The van der Waals surface area contributed by atoms with Gasteiger partial charge in [-0.2, -0.15) is 11.8 Å². The van der Waals surface area contributed by atoms with Crippen LogP contribution in [0.15, 0.2) is 16.6 Å². The number of nitrogens with zero attached hydrogens (tertiary/aromatic N) is 2. The lowest BCUT2D eigenvalue weighted by Crippen LogP contribution is -2.13. The summed E-state index contributed by atoms with van der Waals surface area (Å²) in [6.45, 7) is 0.897. The van der Waals surface area contributed by atoms with E-state index in [-0.39, 0.29) is 5.82 Å². The van der Waals surface area contributed by atoms with Crippen LogP contribution in [-0.2, 0) is 13.0 Å². The molecule has 0 bridgehead atoms. The van der Waals surface area contributed by atoms with Crippen molar-refractivity contribution in [3.63, 3.8) is 0 Å². The van der Waals surface area contributed by atoms with E-state index in [1.54, 1.807) is 12.1 Å². The van der Waals surface area contributed by atoms with Crippen LogP contribution in [0, 0.1) is 5.82 Å². The van der Waals surface area contributed by atoms with Gasteiger partial charge in [0.1, 0.15) is 11.6 Å². The van der Waals surface area contributed by atoms with Crippen molar-refractivity contribution in [3.8, 4) is 0 Å². The average molecular weight is 378 g/mol. The summed E-state index contributed by atoms with van der Waals surface area (Å²) in [5, 5.41) is 0.605. The molecule has 1 atom stereocenters. The number of thioether (sulfide) groups is 1. The summed E-state index contributed by atoms with van der Waals surface area (Å²) < 4.78 is 16.4. The monoisotopic (exact) mass is 376 g/mol. The Morgan fingerprint density at radius 1 is 1.50 bits per heavy atom. The molecule has 6 heteroatoms. The Hall–Kier alpha value is -0.260. The molecule has 1 aromatic heterocycles. The predicted molar refractivity (Wildman–Crippen MR) is 87.3 cm³/mol. The van der Waals surface area contributed by atoms with Gasteiger partial charge < -0.3 is 4.57 Å². The van der Waals surface area contributed by atoms with Gasteiger partial charge in [0, 0.05) is 30.2 Å². The quantitative estimate of drug-likeness (QED) is 0.724. The first kappa shape index (κ1) is 14.7. The van der Waals surface area contributed by atoms with E-state index in [9.17, 15) is 4.39 Å². The number of hydrogen-bond donors (Lipinski definition) is 0. The number of aryl methyl sites for hydroxylation is 1. The summed E-state index contributed by atoms with van der Waals surface area (Å²) in [6.07, 6.45) is 3.21. The van der Waals surface area contributed by atoms with Gasteiger partial charge in [0.2, 0.25) is 0 Å². The van der Waals surface area contributed by atoms with Crippen molar-refractivity contribution in [2.45, 2.75) is 31.1 Å². The maximum Gasteiger partial charge on any atom is 0.139 e. The van der Waals surface area contributed by atoms with E-state index in [4.69, 9.17) is 11.6 Å². The van der Waals surface area contributed by atoms with Crippen LogP contribution >= 0.6 is 39.3 Å². The highest BCUT2D eigenvalue weighted by Gasteiger charge is 2.20. The molecule has 0 saturated carbocycles. The molecule has 0 spiro atoms. The van der Waals surface area contributed by atoms with Crippen molar-refractivity contribution in [2.75, 3.05) is 11.6 Å². The van der Waals surface area contributed by atoms with Crippen molar-refractivity contribution < 1.29 is 4.39 Å². The third-order valence-electron chi connectivity index (χ3n) is 3.60. The second-order valence-electron chi connectivity index (χ2n) is 4.97. The first-order chi connectivity index (χ1) is 9.69. The number of rotatable bonds is 4. The second kappa shape index (κ2) is 6.24. The summed E-state index contributed by atoms with van der Waals surface area (Å²) >= 11 is 11.1. The van der Waals surface area contributed by atoms with E-state index < -0.39 is 0 Å². The SMILES string of the molecule is Fc1cc2c(cc1Br)nc(CCCl)n2CC1CCCS1. The van der Waals surface area contributed by atoms with Gasteiger partial charge in [-0.1, -0.05) is 0 Å². The molecule has 2 nitrogen and oxygen atoms in total. The highest BCUT2D eigenvalue weighted by Crippen LogP contribution is 2.30. The molecule has 1 aliphatic rings. The van der Waals surface area contributed by atoms with Crippen molar-refractivity contribution in [1.29, 1.82) is 0 Å². The molecule has 2 aromatic rings. The van der Waals surface area contributed by atoms with E-state index in [1.807, 2.05) is 11.8 Å². The first-order valence-corrected chi connectivity index (χ1v) is 9.08. The lowest BCUT2D eigenvalue weighted by atomic mass is 10.2. The Morgan fingerprint density at radius 3 is 3.05 bits per heavy atom. The minimum atomic E-state index is -0.241. The number of hydrogen-bond acceptors (Lipinski definition) is 2. The maximum atomic E-state index is 13.8. The Morgan fingerprint density at radius 2 is 2.35 bits per heavy atom. The highest BCUT2D eigenvalue weighted by atomic mass is 79.9. The van der Waals surface area contributed by atoms with Crippen LogP contribution in [0.2, 0.25) is 0 Å². The molecule has 1 unspecified atom stereocenters. The number of fused-ring (bicyclic) bond motifs is 1. The van der Waals surface area contributed by atoms with Gasteiger partial charge >= 0.3 is 0 Å². The third kappa shape index (κ3) is 2.85. The zero-order valence-corrected chi connectivity index (χ0v) is 14.1. The van der Waals surface area contributed by atoms with Crippen molar-refractivity contribution >= 4 is 50.3 Å². The van der Waals surface area contributed by atoms with Gasteiger partial charge in [-0.3, -0.25) is 0 Å². The van der Waals surface area contributed by atoms with Crippen LogP contribution in [0.4, 0.5) is 4.39 Å². The molecule has 1 aromatic carbocycles. The van der Waals surface area contributed by atoms with Gasteiger partial charge in [-0.15, -0.1) is 11.6 Å². The molecule has 108 valence electrons. The zero-order chi connectivity index (χ0) is 14.1. The fourth-order valence-electron chi connectivity index (χ4n) is 2.64. The lowest BCUT2D eigenvalue weighted by molar-refractivity contribution is 0.613. The van der Waals surface area contributed by atoms with Crippen molar-refractivity contribution in [3.05, 3.63) is 28.2 Å². The molecule has 0 radical (unpaired) electrons. The molecule has 3 rings (SSSR count). The van der Waals surface area contributed by atoms with E-state index in [0.717, 1.165) is 23.4 Å². The average Bonchev–Trinajstić information content (AvgIpc) is 3.02. The van der Waals surface area contributed by atoms with Gasteiger partial charge in [-0.25, -0.2) is 9.37 Å². The minimum absolute atomic E-state index is 0.241. The summed E-state index contributed by atoms with van der Waals surface area (Å²) in [4.78, 5) is 4.62. The van der Waals surface area contributed by atoms with Crippen LogP contribution in [0.5, 0.6) is 0 Å². The van der Waals surface area contributed by atoms with Gasteiger partial charge in [0.05, 0.1) is 15.5 Å². The largest absolute Gasteiger partial charge is 0.327 e. The Balaban J connectivity index is 2.04. The lowest BCUT2D eigenvalue weighted by Gasteiger charge is -2.13. The number of imidazole rings is 1. The maximum absolute atomic E-state index is 13.8. The van der Waals surface area contributed by atoms with E-state index in [0.29, 0.717) is 22.0 Å². The van der Waals surface area contributed by atoms with Crippen LogP contribution in [0.1, 0.15) is 18.7 Å². The van der Waals surface area contributed by atoms with Gasteiger partial charge in [0.15, 0.2) is 0 Å². The summed E-state index contributed by atoms with van der Waals surface area (Å²) in [7, 11) is 0. The molecule has 1 aliphatic heterocycles. The summed E-state index contributed by atoms with van der Waals surface area (Å²) in [5.74, 6) is 2.47. The number of alkyl halides is 1. The van der Waals surface area contributed by atoms with Crippen LogP contribution in [-0.4, -0.2) is 26.4 Å². The summed E-state index contributed by atoms with van der Waals surface area (Å²) in [6, 6.07) is 3.32. The van der Waals surface area contributed by atoms with E-state index in [1.165, 1.54) is 18.6 Å². The highest BCUT2D eigenvalue weighted by molar-refractivity contribution is 9.10. The van der Waals surface area contributed by atoms with Crippen LogP contribution in [0.3, 0.4) is 0 Å². The fraction of sp³-hybridized carbons (Fsp3) is 0.500. The second-order valence-corrected chi connectivity index (χ2v) is 7.61. The predicted octanol–water partition coefficient (Wildman–Crippen LogP) is 4.61. The van der Waals surface area contributed by atoms with Gasteiger partial charge in [0.25, 0.3) is 0 Å². The van der Waals surface area contributed by atoms with Crippen molar-refractivity contribution in [1.82, 2.24) is 9.55 Å². The fourth-order valence-corrected chi connectivity index (χ4v) is 4.40. The third-order valence-corrected chi connectivity index (χ3v) is 5.77. The van der Waals surface area contributed by atoms with E-state index >= 15 is 0 Å². The number of aromatic nitrogens is 2. The Labute approximate surface area is 135 Å². The standard InChI is InChI=1S/C14H15BrClFN2S/c15-10-6-12-13(7-11(10)17)19(14(18-12)3-4-16)8-9-2-1-5-20-9/h6-7,9H,1-5,8H2. The molecular formula is C14H15BrClFN2S.